The van der Waals surface area contributed by atoms with Gasteiger partial charge in [0.05, 0.1) is 0 Å². The van der Waals surface area contributed by atoms with Crippen LogP contribution in [-0.4, -0.2) is 30.2 Å². The van der Waals surface area contributed by atoms with Gasteiger partial charge in [-0.2, -0.15) is 0 Å². The molecule has 2 N–H and O–H groups in total. The summed E-state index contributed by atoms with van der Waals surface area (Å²) in [7, 11) is 1.63. The topological polar surface area (TPSA) is 69.6 Å². The van der Waals surface area contributed by atoms with E-state index in [1.54, 1.807) is 7.05 Å². The molecule has 1 aromatic carbocycles. The normalized spacial score (nSPS) is 12.1. The molecule has 0 saturated heterocycles. The average Bonchev–Trinajstić information content (AvgIpc) is 2.37. The number of hydrogen-bond donors (Lipinski definition) is 2. The zero-order valence-electron chi connectivity index (χ0n) is 12.4. The minimum Gasteiger partial charge on any atom is -0.480 e. The Morgan fingerprint density at radius 1 is 1.30 bits per heavy atom. The Morgan fingerprint density at radius 2 is 1.90 bits per heavy atom. The summed E-state index contributed by atoms with van der Waals surface area (Å²) in [6.45, 7) is 5.75. The number of urea groups is 1. The second kappa shape index (κ2) is 6.93. The SMILES string of the molecule is Cc1ccccc1N(C)C(=O)N[C@H](CC(C)C)C(=O)O. The first-order chi connectivity index (χ1) is 9.32. The zero-order chi connectivity index (χ0) is 15.3. The molecule has 0 bridgehead atoms. The van der Waals surface area contributed by atoms with E-state index in [0.29, 0.717) is 6.42 Å². The maximum absolute atomic E-state index is 12.1. The second-order valence-electron chi connectivity index (χ2n) is 5.32. The van der Waals surface area contributed by atoms with Crippen LogP contribution in [0, 0.1) is 12.8 Å². The van der Waals surface area contributed by atoms with Gasteiger partial charge in [-0.1, -0.05) is 32.0 Å². The van der Waals surface area contributed by atoms with Gasteiger partial charge >= 0.3 is 12.0 Å². The number of carboxylic acids is 1. The molecule has 2 amide bonds. The molecule has 1 aromatic rings. The monoisotopic (exact) mass is 278 g/mol. The van der Waals surface area contributed by atoms with Gasteiger partial charge in [0.2, 0.25) is 0 Å². The van der Waals surface area contributed by atoms with E-state index in [-0.39, 0.29) is 5.92 Å². The van der Waals surface area contributed by atoms with Crippen LogP contribution in [0.25, 0.3) is 0 Å². The maximum atomic E-state index is 12.1. The summed E-state index contributed by atoms with van der Waals surface area (Å²) in [5.74, 6) is -0.814. The van der Waals surface area contributed by atoms with Gasteiger partial charge in [-0.3, -0.25) is 4.90 Å². The van der Waals surface area contributed by atoms with Crippen LogP contribution >= 0.6 is 0 Å². The van der Waals surface area contributed by atoms with Gasteiger partial charge in [-0.05, 0) is 30.9 Å². The predicted octanol–water partition coefficient (Wildman–Crippen LogP) is 2.64. The van der Waals surface area contributed by atoms with E-state index in [1.165, 1.54) is 4.90 Å². The van der Waals surface area contributed by atoms with Crippen molar-refractivity contribution in [3.8, 4) is 0 Å². The van der Waals surface area contributed by atoms with Crippen LogP contribution in [0.15, 0.2) is 24.3 Å². The molecule has 0 aliphatic carbocycles. The van der Waals surface area contributed by atoms with Crippen molar-refractivity contribution in [3.05, 3.63) is 29.8 Å². The summed E-state index contributed by atoms with van der Waals surface area (Å²) in [6.07, 6.45) is 0.405. The molecule has 1 rings (SSSR count). The molecule has 5 nitrogen and oxygen atoms in total. The molecule has 0 aromatic heterocycles. The summed E-state index contributed by atoms with van der Waals surface area (Å²) in [5.41, 5.74) is 1.72. The van der Waals surface area contributed by atoms with Crippen molar-refractivity contribution in [2.45, 2.75) is 33.2 Å². The van der Waals surface area contributed by atoms with E-state index in [2.05, 4.69) is 5.32 Å². The highest BCUT2D eigenvalue weighted by atomic mass is 16.4. The largest absolute Gasteiger partial charge is 0.480 e. The number of para-hydroxylation sites is 1. The molecule has 5 heteroatoms. The van der Waals surface area contributed by atoms with Gasteiger partial charge < -0.3 is 10.4 Å². The number of aryl methyl sites for hydroxylation is 1. The number of carboxylic acid groups (broad SMARTS) is 1. The number of nitrogens with one attached hydrogen (secondary N) is 1. The van der Waals surface area contributed by atoms with Crippen LogP contribution in [0.5, 0.6) is 0 Å². The Labute approximate surface area is 119 Å². The Balaban J connectivity index is 2.79. The van der Waals surface area contributed by atoms with Crippen LogP contribution in [0.2, 0.25) is 0 Å². The van der Waals surface area contributed by atoms with Crippen molar-refractivity contribution in [2.75, 3.05) is 11.9 Å². The molecule has 0 radical (unpaired) electrons. The number of aliphatic carboxylic acids is 1. The van der Waals surface area contributed by atoms with Gasteiger partial charge in [0.25, 0.3) is 0 Å². The number of hydrogen-bond acceptors (Lipinski definition) is 2. The van der Waals surface area contributed by atoms with Crippen LogP contribution in [0.1, 0.15) is 25.8 Å². The standard InChI is InChI=1S/C15H22N2O3/c1-10(2)9-12(14(18)19)16-15(20)17(4)13-8-6-5-7-11(13)3/h5-8,10,12H,9H2,1-4H3,(H,16,20)(H,18,19)/t12-/m1/s1. The number of carbonyl (C=O) groups is 2. The number of anilines is 1. The minimum absolute atomic E-state index is 0.195. The molecule has 0 fully saturated rings. The van der Waals surface area contributed by atoms with Gasteiger partial charge in [0.1, 0.15) is 6.04 Å². The first-order valence-corrected chi connectivity index (χ1v) is 6.65. The molecule has 0 spiro atoms. The first kappa shape index (κ1) is 16.0. The Morgan fingerprint density at radius 3 is 2.40 bits per heavy atom. The van der Waals surface area contributed by atoms with Crippen LogP contribution < -0.4 is 10.2 Å². The van der Waals surface area contributed by atoms with Crippen molar-refractivity contribution >= 4 is 17.7 Å². The molecule has 0 saturated carbocycles. The third kappa shape index (κ3) is 4.26. The lowest BCUT2D eigenvalue weighted by Crippen LogP contribution is -2.47. The lowest BCUT2D eigenvalue weighted by molar-refractivity contribution is -0.139. The molecule has 0 aliphatic rings. The van der Waals surface area contributed by atoms with Crippen LogP contribution in [0.3, 0.4) is 0 Å². The molecular formula is C15H22N2O3. The molecule has 110 valence electrons. The van der Waals surface area contributed by atoms with Crippen molar-refractivity contribution in [2.24, 2.45) is 5.92 Å². The van der Waals surface area contributed by atoms with Gasteiger partial charge in [0.15, 0.2) is 0 Å². The van der Waals surface area contributed by atoms with Crippen molar-refractivity contribution in [3.63, 3.8) is 0 Å². The zero-order valence-corrected chi connectivity index (χ0v) is 12.4. The smallest absolute Gasteiger partial charge is 0.326 e. The highest BCUT2D eigenvalue weighted by Crippen LogP contribution is 2.18. The van der Waals surface area contributed by atoms with E-state index in [4.69, 9.17) is 5.11 Å². The number of benzene rings is 1. The van der Waals surface area contributed by atoms with Crippen molar-refractivity contribution in [1.29, 1.82) is 0 Å². The fourth-order valence-corrected chi connectivity index (χ4v) is 1.99. The van der Waals surface area contributed by atoms with E-state index in [0.717, 1.165) is 11.3 Å². The maximum Gasteiger partial charge on any atom is 0.326 e. The molecule has 1 atom stereocenters. The van der Waals surface area contributed by atoms with Gasteiger partial charge in [-0.25, -0.2) is 9.59 Å². The first-order valence-electron chi connectivity index (χ1n) is 6.65. The molecule has 0 unspecified atom stereocenters. The summed E-state index contributed by atoms with van der Waals surface area (Å²) in [4.78, 5) is 24.7. The highest BCUT2D eigenvalue weighted by molar-refractivity contribution is 5.94. The molecule has 0 heterocycles. The van der Waals surface area contributed by atoms with E-state index in [1.807, 2.05) is 45.0 Å². The molecule has 20 heavy (non-hydrogen) atoms. The van der Waals surface area contributed by atoms with Gasteiger partial charge in [0, 0.05) is 12.7 Å². The lowest BCUT2D eigenvalue weighted by Gasteiger charge is -2.23. The number of rotatable bonds is 5. The van der Waals surface area contributed by atoms with Gasteiger partial charge in [-0.15, -0.1) is 0 Å². The van der Waals surface area contributed by atoms with Crippen molar-refractivity contribution in [1.82, 2.24) is 5.32 Å². The van der Waals surface area contributed by atoms with E-state index in [9.17, 15) is 9.59 Å². The highest BCUT2D eigenvalue weighted by Gasteiger charge is 2.23. The summed E-state index contributed by atoms with van der Waals surface area (Å²) in [6, 6.07) is 6.19. The average molecular weight is 278 g/mol. The third-order valence-electron chi connectivity index (χ3n) is 3.08. The predicted molar refractivity (Wildman–Crippen MR) is 79.0 cm³/mol. The Bertz CT molecular complexity index is 486. The summed E-state index contributed by atoms with van der Waals surface area (Å²) < 4.78 is 0. The summed E-state index contributed by atoms with van der Waals surface area (Å²) >= 11 is 0. The summed E-state index contributed by atoms with van der Waals surface area (Å²) in [5, 5.41) is 11.7. The van der Waals surface area contributed by atoms with E-state index >= 15 is 0 Å². The number of nitrogens with zero attached hydrogens (tertiary/aromatic N) is 1. The molecule has 0 aliphatic heterocycles. The molecular weight excluding hydrogens is 256 g/mol. The fraction of sp³-hybridized carbons (Fsp3) is 0.467. The van der Waals surface area contributed by atoms with E-state index < -0.39 is 18.0 Å². The second-order valence-corrected chi connectivity index (χ2v) is 5.32. The quantitative estimate of drug-likeness (QED) is 0.870. The fourth-order valence-electron chi connectivity index (χ4n) is 1.99. The van der Waals surface area contributed by atoms with Crippen LogP contribution in [-0.2, 0) is 4.79 Å². The van der Waals surface area contributed by atoms with Crippen molar-refractivity contribution < 1.29 is 14.7 Å². The number of carbonyl (C=O) groups excluding carboxylic acids is 1. The minimum atomic E-state index is -1.01. The Kier molecular flexibility index (Phi) is 5.55. The lowest BCUT2D eigenvalue weighted by atomic mass is 10.0. The number of amides is 2. The third-order valence-corrected chi connectivity index (χ3v) is 3.08. The Hall–Kier alpha value is -2.04. The van der Waals surface area contributed by atoms with Crippen LogP contribution in [0.4, 0.5) is 10.5 Å².